The summed E-state index contributed by atoms with van der Waals surface area (Å²) in [4.78, 5) is 17.1. The van der Waals surface area contributed by atoms with Crippen LogP contribution in [0.3, 0.4) is 0 Å². The molecule has 1 aliphatic rings. The van der Waals surface area contributed by atoms with Gasteiger partial charge in [-0.25, -0.2) is 4.98 Å². The van der Waals surface area contributed by atoms with Gasteiger partial charge in [-0.15, -0.1) is 11.3 Å². The molecule has 2 aromatic heterocycles. The van der Waals surface area contributed by atoms with Gasteiger partial charge in [-0.2, -0.15) is 0 Å². The van der Waals surface area contributed by atoms with Crippen LogP contribution < -0.4 is 19.5 Å². The summed E-state index contributed by atoms with van der Waals surface area (Å²) in [6.07, 6.45) is 0. The van der Waals surface area contributed by atoms with Gasteiger partial charge >= 0.3 is 0 Å². The SMILES string of the molecule is CCOc1cccc2cc(C(=O)Nc3nc(-c4ccc5c(c4)OCO5)cs3)oc12. The third-order valence-electron chi connectivity index (χ3n) is 4.42. The van der Waals surface area contributed by atoms with Crippen LogP contribution in [0.4, 0.5) is 5.13 Å². The molecule has 4 aromatic rings. The number of rotatable bonds is 5. The number of amides is 1. The van der Waals surface area contributed by atoms with Gasteiger partial charge in [0.25, 0.3) is 5.91 Å². The van der Waals surface area contributed by atoms with Crippen LogP contribution in [0.25, 0.3) is 22.2 Å². The highest BCUT2D eigenvalue weighted by Crippen LogP contribution is 2.36. The lowest BCUT2D eigenvalue weighted by molar-refractivity contribution is 0.0998. The normalized spacial score (nSPS) is 12.3. The van der Waals surface area contributed by atoms with E-state index in [1.54, 1.807) is 6.07 Å². The van der Waals surface area contributed by atoms with E-state index in [1.807, 2.05) is 48.7 Å². The smallest absolute Gasteiger partial charge is 0.293 e. The zero-order chi connectivity index (χ0) is 19.8. The average molecular weight is 408 g/mol. The molecule has 29 heavy (non-hydrogen) atoms. The van der Waals surface area contributed by atoms with Gasteiger partial charge in [0.2, 0.25) is 6.79 Å². The van der Waals surface area contributed by atoms with Crippen molar-refractivity contribution in [2.45, 2.75) is 6.92 Å². The van der Waals surface area contributed by atoms with Gasteiger partial charge in [-0.1, -0.05) is 12.1 Å². The van der Waals surface area contributed by atoms with Crippen molar-refractivity contribution in [3.63, 3.8) is 0 Å². The minimum absolute atomic E-state index is 0.201. The fraction of sp³-hybridized carbons (Fsp3) is 0.143. The van der Waals surface area contributed by atoms with Gasteiger partial charge in [-0.3, -0.25) is 10.1 Å². The fourth-order valence-corrected chi connectivity index (χ4v) is 3.81. The first-order valence-corrected chi connectivity index (χ1v) is 9.91. The summed E-state index contributed by atoms with van der Waals surface area (Å²) in [6.45, 7) is 2.64. The van der Waals surface area contributed by atoms with Gasteiger partial charge < -0.3 is 18.6 Å². The monoisotopic (exact) mass is 408 g/mol. The average Bonchev–Trinajstić information content (AvgIpc) is 3.46. The molecule has 0 spiro atoms. The largest absolute Gasteiger partial charge is 0.490 e. The number of thiazole rings is 1. The number of hydrogen-bond donors (Lipinski definition) is 1. The van der Waals surface area contributed by atoms with Gasteiger partial charge in [0, 0.05) is 16.3 Å². The van der Waals surface area contributed by atoms with E-state index < -0.39 is 0 Å². The highest BCUT2D eigenvalue weighted by molar-refractivity contribution is 7.14. The number of ether oxygens (including phenoxy) is 3. The van der Waals surface area contributed by atoms with Crippen LogP contribution in [0.1, 0.15) is 17.5 Å². The molecule has 5 rings (SSSR count). The molecule has 7 nitrogen and oxygen atoms in total. The van der Waals surface area contributed by atoms with E-state index in [0.29, 0.717) is 34.6 Å². The molecule has 1 N–H and O–H groups in total. The van der Waals surface area contributed by atoms with Gasteiger partial charge in [-0.05, 0) is 37.3 Å². The summed E-state index contributed by atoms with van der Waals surface area (Å²) in [5.41, 5.74) is 2.18. The van der Waals surface area contributed by atoms with E-state index in [1.165, 1.54) is 11.3 Å². The summed E-state index contributed by atoms with van der Waals surface area (Å²) in [5.74, 6) is 1.85. The molecule has 0 radical (unpaired) electrons. The third-order valence-corrected chi connectivity index (χ3v) is 5.18. The second kappa shape index (κ2) is 7.14. The van der Waals surface area contributed by atoms with Crippen molar-refractivity contribution in [2.75, 3.05) is 18.7 Å². The second-order valence-corrected chi connectivity index (χ2v) is 7.14. The summed E-state index contributed by atoms with van der Waals surface area (Å²) in [5, 5.41) is 5.95. The number of furan rings is 1. The fourth-order valence-electron chi connectivity index (χ4n) is 3.10. The molecule has 0 saturated carbocycles. The van der Waals surface area contributed by atoms with Crippen molar-refractivity contribution in [1.82, 2.24) is 4.98 Å². The Bertz CT molecular complexity index is 1210. The van der Waals surface area contributed by atoms with Gasteiger partial charge in [0.1, 0.15) is 0 Å². The molecule has 0 saturated heterocycles. The van der Waals surface area contributed by atoms with Crippen molar-refractivity contribution >= 4 is 33.3 Å². The zero-order valence-corrected chi connectivity index (χ0v) is 16.2. The third kappa shape index (κ3) is 3.27. The number of fused-ring (bicyclic) bond motifs is 2. The van der Waals surface area contributed by atoms with Crippen molar-refractivity contribution in [3.8, 4) is 28.5 Å². The van der Waals surface area contributed by atoms with Crippen LogP contribution in [0.15, 0.2) is 52.3 Å². The van der Waals surface area contributed by atoms with Crippen LogP contribution in [0.2, 0.25) is 0 Å². The summed E-state index contributed by atoms with van der Waals surface area (Å²) < 4.78 is 22.0. The molecular weight excluding hydrogens is 392 g/mol. The molecule has 0 aliphatic carbocycles. The number of anilines is 1. The molecule has 0 atom stereocenters. The number of para-hydroxylation sites is 1. The van der Waals surface area contributed by atoms with E-state index >= 15 is 0 Å². The maximum absolute atomic E-state index is 12.6. The van der Waals surface area contributed by atoms with Crippen LogP contribution in [0, 0.1) is 0 Å². The maximum Gasteiger partial charge on any atom is 0.293 e. The molecule has 1 amide bonds. The van der Waals surface area contributed by atoms with Crippen molar-refractivity contribution in [3.05, 3.63) is 53.6 Å². The number of hydrogen-bond acceptors (Lipinski definition) is 7. The molecule has 2 aromatic carbocycles. The number of nitrogens with zero attached hydrogens (tertiary/aromatic N) is 1. The molecule has 8 heteroatoms. The van der Waals surface area contributed by atoms with Crippen LogP contribution in [-0.2, 0) is 0 Å². The highest BCUT2D eigenvalue weighted by Gasteiger charge is 2.18. The molecule has 146 valence electrons. The number of carbonyl (C=O) groups is 1. The molecule has 0 fully saturated rings. The van der Waals surface area contributed by atoms with E-state index in [-0.39, 0.29) is 18.5 Å². The number of benzene rings is 2. The molecule has 0 bridgehead atoms. The van der Waals surface area contributed by atoms with Crippen molar-refractivity contribution in [2.24, 2.45) is 0 Å². The summed E-state index contributed by atoms with van der Waals surface area (Å²) >= 11 is 1.34. The first-order chi connectivity index (χ1) is 14.2. The Labute approximate surface area is 169 Å². The lowest BCUT2D eigenvalue weighted by atomic mass is 10.1. The van der Waals surface area contributed by atoms with Gasteiger partial charge in [0.05, 0.1) is 12.3 Å². The van der Waals surface area contributed by atoms with Crippen molar-refractivity contribution in [1.29, 1.82) is 0 Å². The minimum atomic E-state index is -0.366. The predicted molar refractivity (Wildman–Crippen MR) is 109 cm³/mol. The standard InChI is InChI=1S/C21H16N2O5S/c1-2-25-16-5-3-4-13-9-18(28-19(13)16)20(24)23-21-22-14(10-29-21)12-6-7-15-17(8-12)27-11-26-15/h3-10H,2,11H2,1H3,(H,22,23,24). The Morgan fingerprint density at radius 1 is 1.21 bits per heavy atom. The lowest BCUT2D eigenvalue weighted by Crippen LogP contribution is -2.10. The van der Waals surface area contributed by atoms with E-state index in [2.05, 4.69) is 10.3 Å². The quantitative estimate of drug-likeness (QED) is 0.504. The number of aromatic nitrogens is 1. The zero-order valence-electron chi connectivity index (χ0n) is 15.4. The van der Waals surface area contributed by atoms with E-state index in [4.69, 9.17) is 18.6 Å². The van der Waals surface area contributed by atoms with E-state index in [9.17, 15) is 4.79 Å². The Kier molecular flexibility index (Phi) is 4.33. The lowest BCUT2D eigenvalue weighted by Gasteiger charge is -2.02. The van der Waals surface area contributed by atoms with Crippen LogP contribution in [0.5, 0.6) is 17.2 Å². The molecule has 1 aliphatic heterocycles. The van der Waals surface area contributed by atoms with Crippen LogP contribution >= 0.6 is 11.3 Å². The summed E-state index contributed by atoms with van der Waals surface area (Å²) in [6, 6.07) is 12.9. The Hall–Kier alpha value is -3.52. The van der Waals surface area contributed by atoms with Gasteiger partial charge in [0.15, 0.2) is 33.7 Å². The Balaban J connectivity index is 1.36. The predicted octanol–water partition coefficient (Wildman–Crippen LogP) is 4.94. The highest BCUT2D eigenvalue weighted by atomic mass is 32.1. The second-order valence-electron chi connectivity index (χ2n) is 6.28. The first-order valence-electron chi connectivity index (χ1n) is 9.03. The molecule has 3 heterocycles. The van der Waals surface area contributed by atoms with Crippen molar-refractivity contribution < 1.29 is 23.4 Å². The maximum atomic E-state index is 12.6. The van der Waals surface area contributed by atoms with E-state index in [0.717, 1.165) is 16.6 Å². The number of nitrogens with one attached hydrogen (secondary N) is 1. The molecular formula is C21H16N2O5S. The Morgan fingerprint density at radius 2 is 2.10 bits per heavy atom. The first kappa shape index (κ1) is 17.6. The minimum Gasteiger partial charge on any atom is -0.490 e. The Morgan fingerprint density at radius 3 is 3.00 bits per heavy atom. The van der Waals surface area contributed by atoms with Crippen LogP contribution in [-0.4, -0.2) is 24.3 Å². The summed E-state index contributed by atoms with van der Waals surface area (Å²) in [7, 11) is 0. The topological polar surface area (TPSA) is 82.8 Å². The number of carbonyl (C=O) groups excluding carboxylic acids is 1. The molecule has 0 unspecified atom stereocenters.